The molecule has 6 heterocycles. The van der Waals surface area contributed by atoms with Crippen molar-refractivity contribution in [2.45, 2.75) is 31.8 Å². The zero-order chi connectivity index (χ0) is 24.1. The fourth-order valence-corrected chi connectivity index (χ4v) is 5.15. The third-order valence-corrected chi connectivity index (χ3v) is 6.93. The Morgan fingerprint density at radius 1 is 0.972 bits per heavy atom. The summed E-state index contributed by atoms with van der Waals surface area (Å²) in [5.74, 6) is 3.14. The number of hydrogen-bond acceptors (Lipinski definition) is 9. The predicted octanol–water partition coefficient (Wildman–Crippen LogP) is 3.85. The molecule has 4 aromatic heterocycles. The number of piperazine rings is 1. The number of aryl methyl sites for hydroxylation is 1. The number of benzene rings is 1. The first-order chi connectivity index (χ1) is 17.7. The molecule has 2 unspecified atom stereocenters. The third kappa shape index (κ3) is 3.85. The molecule has 10 nitrogen and oxygen atoms in total. The van der Waals surface area contributed by atoms with Crippen LogP contribution < -0.4 is 20.3 Å². The van der Waals surface area contributed by atoms with Gasteiger partial charge in [0.25, 0.3) is 0 Å². The van der Waals surface area contributed by atoms with E-state index < -0.39 is 0 Å². The van der Waals surface area contributed by atoms with Crippen LogP contribution in [-0.2, 0) is 0 Å². The molecule has 180 valence electrons. The summed E-state index contributed by atoms with van der Waals surface area (Å²) in [6.45, 7) is 3.98. The second kappa shape index (κ2) is 8.42. The average molecular weight is 480 g/mol. The monoisotopic (exact) mass is 479 g/mol. The van der Waals surface area contributed by atoms with Gasteiger partial charge in [0.05, 0.1) is 5.52 Å². The van der Waals surface area contributed by atoms with Gasteiger partial charge in [-0.05, 0) is 61.7 Å². The Morgan fingerprint density at radius 2 is 1.86 bits per heavy atom. The van der Waals surface area contributed by atoms with E-state index in [4.69, 9.17) is 9.72 Å². The smallest absolute Gasteiger partial charge is 0.160 e. The van der Waals surface area contributed by atoms with Crippen molar-refractivity contribution in [1.82, 2.24) is 34.9 Å². The molecule has 0 saturated carbocycles. The molecular weight excluding hydrogens is 454 g/mol. The number of fused-ring (bicyclic) bond motifs is 4. The first kappa shape index (κ1) is 21.0. The number of ether oxygens (including phenoxy) is 1. The van der Waals surface area contributed by atoms with Crippen LogP contribution >= 0.6 is 0 Å². The second-order valence-corrected chi connectivity index (χ2v) is 9.43. The lowest BCUT2D eigenvalue weighted by atomic mass is 10.2. The summed E-state index contributed by atoms with van der Waals surface area (Å²) in [7, 11) is 0. The quantitative estimate of drug-likeness (QED) is 0.389. The molecule has 2 atom stereocenters. The molecule has 2 aliphatic rings. The zero-order valence-electron chi connectivity index (χ0n) is 19.8. The van der Waals surface area contributed by atoms with E-state index in [1.165, 1.54) is 19.2 Å². The minimum Gasteiger partial charge on any atom is -0.457 e. The standard InChI is InChI=1S/C26H25N9O/c1-16-10-17(4-6-22(16)36-20-8-9-35-24(11-20)28-15-30-35)32-26-25-21(27-14-29-26)5-7-23(33-25)34-12-18-2-3-19(13-34)31-18/h4-11,14-15,18-19,31H,2-3,12-13H2,1H3,(H,27,29,32). The van der Waals surface area contributed by atoms with Crippen LogP contribution in [0, 0.1) is 6.92 Å². The summed E-state index contributed by atoms with van der Waals surface area (Å²) in [5.41, 5.74) is 4.21. The van der Waals surface area contributed by atoms with Crippen LogP contribution in [0.4, 0.5) is 17.3 Å². The number of aromatic nitrogens is 6. The van der Waals surface area contributed by atoms with Gasteiger partial charge >= 0.3 is 0 Å². The summed E-state index contributed by atoms with van der Waals surface area (Å²) in [6.07, 6.45) is 7.39. The maximum atomic E-state index is 6.11. The molecule has 0 radical (unpaired) electrons. The predicted molar refractivity (Wildman–Crippen MR) is 137 cm³/mol. The zero-order valence-corrected chi connectivity index (χ0v) is 19.8. The van der Waals surface area contributed by atoms with Gasteiger partial charge in [-0.1, -0.05) is 0 Å². The highest BCUT2D eigenvalue weighted by atomic mass is 16.5. The van der Waals surface area contributed by atoms with Crippen LogP contribution in [0.25, 0.3) is 16.7 Å². The van der Waals surface area contributed by atoms with E-state index in [0.717, 1.165) is 52.6 Å². The summed E-state index contributed by atoms with van der Waals surface area (Å²) < 4.78 is 7.81. The van der Waals surface area contributed by atoms with E-state index >= 15 is 0 Å². The van der Waals surface area contributed by atoms with Crippen LogP contribution in [-0.4, -0.2) is 54.7 Å². The lowest BCUT2D eigenvalue weighted by molar-refractivity contribution is 0.464. The van der Waals surface area contributed by atoms with Crippen LogP contribution in [0.15, 0.2) is 61.3 Å². The van der Waals surface area contributed by atoms with Gasteiger partial charge in [-0.3, -0.25) is 0 Å². The average Bonchev–Trinajstić information content (AvgIpc) is 3.50. The summed E-state index contributed by atoms with van der Waals surface area (Å²) in [6, 6.07) is 14.9. The largest absolute Gasteiger partial charge is 0.457 e. The molecule has 5 aromatic rings. The van der Waals surface area contributed by atoms with Crippen molar-refractivity contribution in [3.05, 3.63) is 66.9 Å². The van der Waals surface area contributed by atoms with E-state index in [0.29, 0.717) is 23.7 Å². The van der Waals surface area contributed by atoms with Crippen LogP contribution in [0.2, 0.25) is 0 Å². The Hall–Kier alpha value is -4.31. The molecule has 10 heteroatoms. The van der Waals surface area contributed by atoms with Crippen LogP contribution in [0.5, 0.6) is 11.5 Å². The van der Waals surface area contributed by atoms with Crippen molar-refractivity contribution >= 4 is 34.0 Å². The Bertz CT molecular complexity index is 1570. The molecule has 2 bridgehead atoms. The number of hydrogen-bond donors (Lipinski definition) is 2. The minimum absolute atomic E-state index is 0.549. The number of nitrogens with zero attached hydrogens (tertiary/aromatic N) is 7. The number of rotatable bonds is 5. The van der Waals surface area contributed by atoms with Gasteiger partial charge in [0.1, 0.15) is 35.5 Å². The van der Waals surface area contributed by atoms with Crippen molar-refractivity contribution in [3.8, 4) is 11.5 Å². The Kier molecular flexibility index (Phi) is 4.91. The van der Waals surface area contributed by atoms with Gasteiger partial charge in [0.2, 0.25) is 0 Å². The topological polar surface area (TPSA) is 105 Å². The number of pyridine rings is 2. The van der Waals surface area contributed by atoms with Crippen molar-refractivity contribution < 1.29 is 4.74 Å². The lowest BCUT2D eigenvalue weighted by Gasteiger charge is -2.33. The molecule has 2 aliphatic heterocycles. The molecule has 0 aliphatic carbocycles. The first-order valence-electron chi connectivity index (χ1n) is 12.2. The van der Waals surface area contributed by atoms with Crippen molar-refractivity contribution in [2.75, 3.05) is 23.3 Å². The molecule has 7 rings (SSSR count). The van der Waals surface area contributed by atoms with Gasteiger partial charge in [0, 0.05) is 43.1 Å². The highest BCUT2D eigenvalue weighted by molar-refractivity contribution is 5.88. The summed E-state index contributed by atoms with van der Waals surface area (Å²) >= 11 is 0. The fourth-order valence-electron chi connectivity index (χ4n) is 5.15. The second-order valence-electron chi connectivity index (χ2n) is 9.43. The Balaban J connectivity index is 1.14. The lowest BCUT2D eigenvalue weighted by Crippen LogP contribution is -2.51. The third-order valence-electron chi connectivity index (χ3n) is 6.93. The van der Waals surface area contributed by atoms with Gasteiger partial charge < -0.3 is 20.3 Å². The van der Waals surface area contributed by atoms with E-state index in [1.54, 1.807) is 10.8 Å². The van der Waals surface area contributed by atoms with Gasteiger partial charge in [-0.2, -0.15) is 5.10 Å². The molecule has 2 N–H and O–H groups in total. The fraction of sp³-hybridized carbons (Fsp3) is 0.269. The minimum atomic E-state index is 0.549. The normalized spacial score (nSPS) is 19.2. The highest BCUT2D eigenvalue weighted by Crippen LogP contribution is 2.31. The SMILES string of the molecule is Cc1cc(Nc2ncnc3ccc(N4CC5CCC(C4)N5)nc23)ccc1Oc1ccn2ncnc2c1. The Morgan fingerprint density at radius 3 is 2.72 bits per heavy atom. The van der Waals surface area contributed by atoms with E-state index in [9.17, 15) is 0 Å². The highest BCUT2D eigenvalue weighted by Gasteiger charge is 2.32. The van der Waals surface area contributed by atoms with Gasteiger partial charge in [-0.25, -0.2) is 24.5 Å². The van der Waals surface area contributed by atoms with Crippen molar-refractivity contribution in [3.63, 3.8) is 0 Å². The van der Waals surface area contributed by atoms with E-state index in [-0.39, 0.29) is 0 Å². The molecule has 0 amide bonds. The van der Waals surface area contributed by atoms with E-state index in [1.807, 2.05) is 49.5 Å². The molecule has 1 aromatic carbocycles. The van der Waals surface area contributed by atoms with Crippen LogP contribution in [0.3, 0.4) is 0 Å². The molecule has 36 heavy (non-hydrogen) atoms. The van der Waals surface area contributed by atoms with Crippen LogP contribution in [0.1, 0.15) is 18.4 Å². The van der Waals surface area contributed by atoms with Gasteiger partial charge in [0.15, 0.2) is 11.5 Å². The van der Waals surface area contributed by atoms with Crippen molar-refractivity contribution in [1.29, 1.82) is 0 Å². The van der Waals surface area contributed by atoms with E-state index in [2.05, 4.69) is 41.7 Å². The maximum Gasteiger partial charge on any atom is 0.160 e. The molecule has 2 saturated heterocycles. The molecule has 0 spiro atoms. The summed E-state index contributed by atoms with van der Waals surface area (Å²) in [5, 5.41) is 11.2. The first-order valence-corrected chi connectivity index (χ1v) is 12.2. The summed E-state index contributed by atoms with van der Waals surface area (Å²) in [4.78, 5) is 20.5. The maximum absolute atomic E-state index is 6.11. The van der Waals surface area contributed by atoms with Gasteiger partial charge in [-0.15, -0.1) is 0 Å². The Labute approximate surface area is 207 Å². The molecular formula is C26H25N9O. The van der Waals surface area contributed by atoms with Crippen molar-refractivity contribution in [2.24, 2.45) is 0 Å². The number of anilines is 3. The molecule has 2 fully saturated rings. The number of nitrogens with one attached hydrogen (secondary N) is 2.